The van der Waals surface area contributed by atoms with Crippen molar-refractivity contribution in [3.63, 3.8) is 0 Å². The number of allylic oxidation sites excluding steroid dienone is 4. The van der Waals surface area contributed by atoms with Gasteiger partial charge in [-0.15, -0.1) is 0 Å². The number of nitrogen functional groups attached to an aromatic ring is 1. The predicted octanol–water partition coefficient (Wildman–Crippen LogP) is 9.11. The van der Waals surface area contributed by atoms with Gasteiger partial charge in [-0.2, -0.15) is 4.91 Å². The molecule has 0 aliphatic heterocycles. The van der Waals surface area contributed by atoms with Crippen LogP contribution in [-0.2, 0) is 0 Å². The normalized spacial score (nSPS) is 14.1. The van der Waals surface area contributed by atoms with E-state index in [0.717, 1.165) is 67.9 Å². The van der Waals surface area contributed by atoms with Crippen molar-refractivity contribution in [1.82, 2.24) is 0 Å². The third kappa shape index (κ3) is 5.11. The van der Waals surface area contributed by atoms with Crippen LogP contribution in [0.25, 0.3) is 43.1 Å². The van der Waals surface area contributed by atoms with Gasteiger partial charge in [0.2, 0.25) is 0 Å². The summed E-state index contributed by atoms with van der Waals surface area (Å²) in [6, 6.07) is 23.2. The average Bonchev–Trinajstić information content (AvgIpc) is 3.06. The Kier molecular flexibility index (Phi) is 8.27. The number of anilines is 1. The summed E-state index contributed by atoms with van der Waals surface area (Å²) in [5.41, 5.74) is 15.3. The maximum atomic E-state index is 11.8. The minimum atomic E-state index is 0.170. The van der Waals surface area contributed by atoms with Crippen molar-refractivity contribution in [3.05, 3.63) is 124 Å². The zero-order chi connectivity index (χ0) is 30.7. The van der Waals surface area contributed by atoms with Crippen LogP contribution in [0.1, 0.15) is 51.1 Å². The lowest BCUT2D eigenvalue weighted by Gasteiger charge is -2.22. The zero-order valence-corrected chi connectivity index (χ0v) is 23.8. The van der Waals surface area contributed by atoms with Crippen LogP contribution in [0.2, 0.25) is 0 Å². The molecule has 7 nitrogen and oxygen atoms in total. The van der Waals surface area contributed by atoms with Crippen LogP contribution in [0.3, 0.4) is 0 Å². The number of fused-ring (bicyclic) bond motifs is 2. The van der Waals surface area contributed by atoms with Crippen molar-refractivity contribution in [3.8, 4) is 5.75 Å². The summed E-state index contributed by atoms with van der Waals surface area (Å²) in [6.45, 7) is 4.13. The van der Waals surface area contributed by atoms with Gasteiger partial charge in [0.15, 0.2) is 18.3 Å². The maximum Gasteiger partial charge on any atom is 0.173 e. The number of rotatable bonds is 4. The molecule has 1 unspecified atom stereocenters. The molecule has 0 radical (unpaired) electrons. The van der Waals surface area contributed by atoms with Gasteiger partial charge in [-0.3, -0.25) is 9.59 Å². The highest BCUT2D eigenvalue weighted by atomic mass is 17.1. The molecule has 0 heterocycles. The first-order valence-electron chi connectivity index (χ1n) is 13.7. The highest BCUT2D eigenvalue weighted by molar-refractivity contribution is 6.35. The molecule has 6 aromatic carbocycles. The van der Waals surface area contributed by atoms with Gasteiger partial charge in [0.05, 0.1) is 0 Å². The van der Waals surface area contributed by atoms with E-state index < -0.39 is 0 Å². The number of nitrogens with one attached hydrogen (secondary N) is 1. The second-order valence-electron chi connectivity index (χ2n) is 10.6. The Morgan fingerprint density at radius 1 is 0.744 bits per heavy atom. The van der Waals surface area contributed by atoms with E-state index in [2.05, 4.69) is 42.9 Å². The minimum absolute atomic E-state index is 0.170. The Morgan fingerprint density at radius 2 is 1.28 bits per heavy atom. The summed E-state index contributed by atoms with van der Waals surface area (Å²) in [6.07, 6.45) is 9.03. The van der Waals surface area contributed by atoms with E-state index in [1.54, 1.807) is 18.2 Å². The van der Waals surface area contributed by atoms with Crippen LogP contribution in [0.4, 0.5) is 5.69 Å². The molecule has 0 fully saturated rings. The number of hydrogen-bond acceptors (Lipinski definition) is 7. The van der Waals surface area contributed by atoms with Gasteiger partial charge in [-0.1, -0.05) is 83.5 Å². The summed E-state index contributed by atoms with van der Waals surface area (Å²) >= 11 is 0. The number of aldehydes is 2. The lowest BCUT2D eigenvalue weighted by atomic mass is 9.82. The van der Waals surface area contributed by atoms with Crippen molar-refractivity contribution < 1.29 is 19.7 Å². The summed E-state index contributed by atoms with van der Waals surface area (Å²) < 4.78 is 0. The quantitative estimate of drug-likeness (QED) is 0.0368. The van der Waals surface area contributed by atoms with Crippen LogP contribution in [0.15, 0.2) is 96.6 Å². The van der Waals surface area contributed by atoms with E-state index in [4.69, 9.17) is 15.5 Å². The summed E-state index contributed by atoms with van der Waals surface area (Å²) in [4.78, 5) is 36.0. The number of carbonyl (C=O) groups excluding carboxylic acids is 2. The van der Waals surface area contributed by atoms with Crippen LogP contribution in [0.5, 0.6) is 5.75 Å². The van der Waals surface area contributed by atoms with Crippen LogP contribution < -0.4 is 10.6 Å². The summed E-state index contributed by atoms with van der Waals surface area (Å²) in [7, 11) is 0. The van der Waals surface area contributed by atoms with Crippen LogP contribution in [-0.4, -0.2) is 17.8 Å². The third-order valence-corrected chi connectivity index (χ3v) is 8.07. The smallest absolute Gasteiger partial charge is 0.173 e. The molecule has 0 saturated carbocycles. The molecule has 4 N–H and O–H groups in total. The second kappa shape index (κ2) is 12.2. The van der Waals surface area contributed by atoms with Gasteiger partial charge in [-0.05, 0) is 77.0 Å². The Labute approximate surface area is 247 Å². The fourth-order valence-electron chi connectivity index (χ4n) is 6.04. The Bertz CT molecular complexity index is 1960. The molecule has 214 valence electrons. The van der Waals surface area contributed by atoms with Gasteiger partial charge < -0.3 is 10.6 Å². The molecule has 0 spiro atoms. The van der Waals surface area contributed by atoms with Crippen molar-refractivity contribution in [2.75, 3.05) is 5.73 Å². The fourth-order valence-corrected chi connectivity index (χ4v) is 6.04. The first kappa shape index (κ1) is 29.1. The van der Waals surface area contributed by atoms with Crippen LogP contribution in [0, 0.1) is 17.4 Å². The molecule has 7 rings (SSSR count). The lowest BCUT2D eigenvalue weighted by molar-refractivity contribution is -0.136. The van der Waals surface area contributed by atoms with E-state index in [1.807, 2.05) is 49.4 Å². The second-order valence-corrected chi connectivity index (χ2v) is 10.6. The van der Waals surface area contributed by atoms with Gasteiger partial charge in [-0.25, -0.2) is 5.26 Å². The average molecular weight is 571 g/mol. The molecule has 0 aromatic heterocycles. The predicted molar refractivity (Wildman–Crippen MR) is 174 cm³/mol. The van der Waals surface area contributed by atoms with Crippen molar-refractivity contribution in [1.29, 1.82) is 5.59 Å². The van der Waals surface area contributed by atoms with Crippen LogP contribution >= 0.6 is 0 Å². The molecule has 1 aliphatic rings. The first-order valence-corrected chi connectivity index (χ1v) is 13.7. The zero-order valence-electron chi connectivity index (χ0n) is 23.8. The number of nitroso groups, excluding NO2 is 1. The van der Waals surface area contributed by atoms with E-state index >= 15 is 0 Å². The molecule has 7 heteroatoms. The molecule has 1 atom stereocenters. The SMILES string of the molecule is CC1=CCC(c2ccc3c4ccc(C=O)c5c(C=O)ccc(c6ccc(OO)c2c63)c54)C=C1.Cc1ccc(N)cc1.N=O. The fraction of sp³-hybridized carbons (Fsp3) is 0.111. The minimum Gasteiger partial charge on any atom is -0.399 e. The van der Waals surface area contributed by atoms with Crippen molar-refractivity contribution >= 4 is 61.3 Å². The third-order valence-electron chi connectivity index (χ3n) is 8.07. The van der Waals surface area contributed by atoms with E-state index in [9.17, 15) is 14.8 Å². The molecule has 6 aromatic rings. The number of hydrogen-bond donors (Lipinski definition) is 3. The summed E-state index contributed by atoms with van der Waals surface area (Å²) in [5, 5.41) is 17.1. The molecule has 1 aliphatic carbocycles. The monoisotopic (exact) mass is 570 g/mol. The first-order chi connectivity index (χ1) is 20.9. The summed E-state index contributed by atoms with van der Waals surface area (Å²) in [5.74, 6) is 0.585. The van der Waals surface area contributed by atoms with Crippen molar-refractivity contribution in [2.24, 2.45) is 0 Å². The van der Waals surface area contributed by atoms with Gasteiger partial charge in [0.1, 0.15) is 0 Å². The lowest BCUT2D eigenvalue weighted by Crippen LogP contribution is -2.02. The number of carbonyl (C=O) groups is 2. The van der Waals surface area contributed by atoms with Crippen molar-refractivity contribution in [2.45, 2.75) is 26.2 Å². The van der Waals surface area contributed by atoms with Gasteiger partial charge >= 0.3 is 0 Å². The largest absolute Gasteiger partial charge is 0.399 e. The molecule has 0 saturated heterocycles. The standard InChI is InChI=1S/C29H20O4.C7H9N.HNO/c1-16-2-4-17(5-3-16)20-10-11-23-21-8-6-18(14-30)26-19(15-31)7-9-22(27(21)26)24-12-13-25(33-32)29(20)28(23)24;1-6-2-4-7(8)5-3-6;1-2/h2-4,6-15,17,32H,5H2,1H3;2-5H,8H2,1H3;1H. The van der Waals surface area contributed by atoms with Gasteiger partial charge in [0, 0.05) is 38.9 Å². The Hall–Kier alpha value is -5.40. The molecular formula is C36H30N2O5. The maximum absolute atomic E-state index is 11.8. The van der Waals surface area contributed by atoms with E-state index in [-0.39, 0.29) is 5.92 Å². The number of nitrogens with two attached hydrogens (primary N) is 1. The highest BCUT2D eigenvalue weighted by Crippen LogP contribution is 2.47. The Morgan fingerprint density at radius 3 is 1.77 bits per heavy atom. The molecular weight excluding hydrogens is 540 g/mol. The van der Waals surface area contributed by atoms with Gasteiger partial charge in [0.25, 0.3) is 0 Å². The topological polar surface area (TPSA) is 131 Å². The number of benzene rings is 6. The molecule has 43 heavy (non-hydrogen) atoms. The van der Waals surface area contributed by atoms with E-state index in [0.29, 0.717) is 22.3 Å². The van der Waals surface area contributed by atoms with E-state index in [1.165, 1.54) is 11.1 Å². The molecule has 0 amide bonds. The Balaban J connectivity index is 0.000000317. The molecule has 0 bridgehead atoms. The number of aryl methyl sites for hydroxylation is 1. The highest BCUT2D eigenvalue weighted by Gasteiger charge is 2.22.